The van der Waals surface area contributed by atoms with Gasteiger partial charge in [-0.1, -0.05) is 42.3 Å². The molecule has 0 unspecified atom stereocenters. The summed E-state index contributed by atoms with van der Waals surface area (Å²) < 4.78 is 0. The van der Waals surface area contributed by atoms with Gasteiger partial charge < -0.3 is 16.0 Å². The minimum atomic E-state index is 0. The summed E-state index contributed by atoms with van der Waals surface area (Å²) in [5.74, 6) is 1.07. The van der Waals surface area contributed by atoms with Crippen molar-refractivity contribution in [2.75, 3.05) is 18.9 Å². The number of hydrogen-bond donors (Lipinski definition) is 3. The predicted molar refractivity (Wildman–Crippen MR) is 131 cm³/mol. The molecule has 0 atom stereocenters. The zero-order valence-corrected chi connectivity index (χ0v) is 19.7. The molecule has 1 saturated carbocycles. The Kier molecular flexibility index (Phi) is 9.73. The van der Waals surface area contributed by atoms with Crippen LogP contribution in [-0.4, -0.2) is 25.5 Å². The third kappa shape index (κ3) is 7.51. The molecule has 3 N–H and O–H groups in total. The molecule has 156 valence electrons. The highest BCUT2D eigenvalue weighted by molar-refractivity contribution is 14.0. The number of guanidine groups is 1. The highest BCUT2D eigenvalue weighted by atomic mass is 127. The summed E-state index contributed by atoms with van der Waals surface area (Å²) >= 11 is 5.91. The van der Waals surface area contributed by atoms with Crippen LogP contribution in [0.2, 0.25) is 5.02 Å². The Morgan fingerprint density at radius 3 is 2.52 bits per heavy atom. The zero-order valence-electron chi connectivity index (χ0n) is 16.6. The molecule has 1 amide bonds. The molecular weight excluding hydrogens is 499 g/mol. The highest BCUT2D eigenvalue weighted by Gasteiger charge is 2.25. The first-order valence-electron chi connectivity index (χ1n) is 9.73. The molecule has 0 heterocycles. The first-order valence-corrected chi connectivity index (χ1v) is 10.1. The quantitative estimate of drug-likeness (QED) is 0.281. The smallest absolute Gasteiger partial charge is 0.227 e. The van der Waals surface area contributed by atoms with Gasteiger partial charge in [0.1, 0.15) is 0 Å². The van der Waals surface area contributed by atoms with Crippen LogP contribution in [0.1, 0.15) is 30.4 Å². The molecule has 7 heteroatoms. The van der Waals surface area contributed by atoms with E-state index in [1.165, 1.54) is 5.56 Å². The minimum Gasteiger partial charge on any atom is -0.356 e. The highest BCUT2D eigenvalue weighted by Crippen LogP contribution is 2.27. The second kappa shape index (κ2) is 12.0. The van der Waals surface area contributed by atoms with E-state index in [1.54, 1.807) is 7.05 Å². The van der Waals surface area contributed by atoms with Gasteiger partial charge in [-0.15, -0.1) is 24.0 Å². The van der Waals surface area contributed by atoms with Gasteiger partial charge in [0.2, 0.25) is 5.91 Å². The molecule has 5 nitrogen and oxygen atoms in total. The lowest BCUT2D eigenvalue weighted by Crippen LogP contribution is -2.37. The molecule has 29 heavy (non-hydrogen) atoms. The summed E-state index contributed by atoms with van der Waals surface area (Å²) in [6.45, 7) is 1.41. The molecule has 0 radical (unpaired) electrons. The van der Waals surface area contributed by atoms with E-state index in [0.29, 0.717) is 6.54 Å². The monoisotopic (exact) mass is 526 g/mol. The Hall–Kier alpha value is -1.80. The molecule has 1 fully saturated rings. The number of hydrogen-bond acceptors (Lipinski definition) is 2. The summed E-state index contributed by atoms with van der Waals surface area (Å²) in [7, 11) is 1.76. The third-order valence-corrected chi connectivity index (χ3v) is 5.23. The van der Waals surface area contributed by atoms with Crippen molar-refractivity contribution in [1.82, 2.24) is 10.6 Å². The van der Waals surface area contributed by atoms with E-state index in [4.69, 9.17) is 11.6 Å². The van der Waals surface area contributed by atoms with Gasteiger partial charge in [-0.3, -0.25) is 9.79 Å². The van der Waals surface area contributed by atoms with Crippen molar-refractivity contribution in [2.24, 2.45) is 10.9 Å². The summed E-state index contributed by atoms with van der Waals surface area (Å²) in [4.78, 5) is 16.4. The van der Waals surface area contributed by atoms with Gasteiger partial charge in [-0.2, -0.15) is 0 Å². The first kappa shape index (κ1) is 23.5. The Morgan fingerprint density at radius 1 is 1.10 bits per heavy atom. The van der Waals surface area contributed by atoms with Crippen LogP contribution in [0.4, 0.5) is 5.69 Å². The molecule has 1 aliphatic rings. The Labute approximate surface area is 194 Å². The summed E-state index contributed by atoms with van der Waals surface area (Å²) in [6, 6.07) is 15.8. The summed E-state index contributed by atoms with van der Waals surface area (Å²) in [6.07, 6.45) is 4.06. The largest absolute Gasteiger partial charge is 0.356 e. The molecule has 1 aliphatic carbocycles. The molecule has 0 saturated heterocycles. The predicted octanol–water partition coefficient (Wildman–Crippen LogP) is 4.60. The molecular formula is C22H28ClIN4O. The fraction of sp³-hybridized carbons (Fsp3) is 0.364. The van der Waals surface area contributed by atoms with E-state index in [1.807, 2.05) is 48.5 Å². The van der Waals surface area contributed by atoms with E-state index < -0.39 is 0 Å². The van der Waals surface area contributed by atoms with Crippen molar-refractivity contribution < 1.29 is 4.79 Å². The average molecular weight is 527 g/mol. The van der Waals surface area contributed by atoms with E-state index >= 15 is 0 Å². The van der Waals surface area contributed by atoms with Crippen LogP contribution in [0.3, 0.4) is 0 Å². The number of nitrogens with one attached hydrogen (secondary N) is 3. The number of nitrogens with zero attached hydrogens (tertiary/aromatic N) is 1. The van der Waals surface area contributed by atoms with Gasteiger partial charge >= 0.3 is 0 Å². The standard InChI is InChI=1S/C22H27ClN4O.HI/c1-24-22(25-13-12-16-8-10-19(23)11-9-16)26-15-17-4-2-7-20(14-17)27-21(28)18-5-3-6-18;/h2,4,7-11,14,18H,3,5-6,12-13,15H2,1H3,(H,27,28)(H2,24,25,26);1H. The van der Waals surface area contributed by atoms with E-state index in [9.17, 15) is 4.79 Å². The molecule has 0 bridgehead atoms. The van der Waals surface area contributed by atoms with Crippen molar-refractivity contribution in [3.63, 3.8) is 0 Å². The van der Waals surface area contributed by atoms with Gasteiger partial charge in [0.05, 0.1) is 0 Å². The lowest BCUT2D eigenvalue weighted by Gasteiger charge is -2.24. The lowest BCUT2D eigenvalue weighted by molar-refractivity contribution is -0.122. The number of carbonyl (C=O) groups excluding carboxylic acids is 1. The van der Waals surface area contributed by atoms with E-state index in [-0.39, 0.29) is 35.8 Å². The van der Waals surface area contributed by atoms with Gasteiger partial charge in [0, 0.05) is 36.8 Å². The zero-order chi connectivity index (χ0) is 19.8. The van der Waals surface area contributed by atoms with Crippen LogP contribution >= 0.6 is 35.6 Å². The number of halogens is 2. The Balaban J connectivity index is 0.00000300. The first-order chi connectivity index (χ1) is 13.6. The van der Waals surface area contributed by atoms with Gasteiger partial charge in [0.25, 0.3) is 0 Å². The summed E-state index contributed by atoms with van der Waals surface area (Å²) in [5, 5.41) is 10.4. The van der Waals surface area contributed by atoms with E-state index in [2.05, 4.69) is 20.9 Å². The number of benzene rings is 2. The maximum Gasteiger partial charge on any atom is 0.227 e. The number of anilines is 1. The SMILES string of the molecule is CN=C(NCCc1ccc(Cl)cc1)NCc1cccc(NC(=O)C2CCC2)c1.I. The minimum absolute atomic E-state index is 0. The van der Waals surface area contributed by atoms with Crippen LogP contribution in [0.5, 0.6) is 0 Å². The normalized spacial score (nSPS) is 13.8. The van der Waals surface area contributed by atoms with Gasteiger partial charge in [0.15, 0.2) is 5.96 Å². The molecule has 0 aliphatic heterocycles. The number of carbonyl (C=O) groups is 1. The topological polar surface area (TPSA) is 65.5 Å². The fourth-order valence-electron chi connectivity index (χ4n) is 3.06. The van der Waals surface area contributed by atoms with Crippen LogP contribution < -0.4 is 16.0 Å². The number of rotatable bonds is 7. The molecule has 2 aromatic rings. The fourth-order valence-corrected chi connectivity index (χ4v) is 3.18. The Morgan fingerprint density at radius 2 is 1.86 bits per heavy atom. The van der Waals surface area contributed by atoms with Crippen LogP contribution in [-0.2, 0) is 17.8 Å². The number of aliphatic imine (C=N–C) groups is 1. The molecule has 0 aromatic heterocycles. The second-order valence-electron chi connectivity index (χ2n) is 7.05. The van der Waals surface area contributed by atoms with Crippen LogP contribution in [0.15, 0.2) is 53.5 Å². The third-order valence-electron chi connectivity index (χ3n) is 4.97. The van der Waals surface area contributed by atoms with Gasteiger partial charge in [-0.05, 0) is 54.7 Å². The Bertz CT molecular complexity index is 822. The molecule has 0 spiro atoms. The molecule has 3 rings (SSSR count). The maximum absolute atomic E-state index is 12.1. The second-order valence-corrected chi connectivity index (χ2v) is 7.48. The van der Waals surface area contributed by atoms with Crippen molar-refractivity contribution in [2.45, 2.75) is 32.2 Å². The average Bonchev–Trinajstić information content (AvgIpc) is 2.65. The van der Waals surface area contributed by atoms with Crippen molar-refractivity contribution in [3.8, 4) is 0 Å². The lowest BCUT2D eigenvalue weighted by atomic mass is 9.85. The van der Waals surface area contributed by atoms with Crippen LogP contribution in [0.25, 0.3) is 0 Å². The maximum atomic E-state index is 12.1. The van der Waals surface area contributed by atoms with Crippen molar-refractivity contribution in [1.29, 1.82) is 0 Å². The molecule has 2 aromatic carbocycles. The summed E-state index contributed by atoms with van der Waals surface area (Å²) in [5.41, 5.74) is 3.16. The van der Waals surface area contributed by atoms with Crippen molar-refractivity contribution >= 4 is 53.1 Å². The van der Waals surface area contributed by atoms with Crippen molar-refractivity contribution in [3.05, 3.63) is 64.7 Å². The van der Waals surface area contributed by atoms with E-state index in [0.717, 1.165) is 54.5 Å². The van der Waals surface area contributed by atoms with Gasteiger partial charge in [-0.25, -0.2) is 0 Å². The number of amides is 1. The van der Waals surface area contributed by atoms with Crippen LogP contribution in [0, 0.1) is 5.92 Å².